The first kappa shape index (κ1) is 12.2. The molecule has 3 rings (SSSR count). The highest BCUT2D eigenvalue weighted by molar-refractivity contribution is 7.09. The summed E-state index contributed by atoms with van der Waals surface area (Å²) in [5, 5.41) is 1.18. The van der Waals surface area contributed by atoms with Crippen molar-refractivity contribution < 1.29 is 4.74 Å². The van der Waals surface area contributed by atoms with E-state index < -0.39 is 0 Å². The Labute approximate surface area is 116 Å². The Bertz CT molecular complexity index is 658. The van der Waals surface area contributed by atoms with E-state index in [1.54, 1.807) is 11.3 Å². The van der Waals surface area contributed by atoms with Crippen LogP contribution in [0.5, 0.6) is 5.75 Å². The van der Waals surface area contributed by atoms with Crippen LogP contribution in [0.25, 0.3) is 10.9 Å². The van der Waals surface area contributed by atoms with E-state index in [-0.39, 0.29) is 0 Å². The number of hydrogen-bond acceptors (Lipinski definition) is 3. The Balaban J connectivity index is 1.94. The molecule has 3 aromatic rings. The maximum absolute atomic E-state index is 5.79. The second-order valence-electron chi connectivity index (χ2n) is 4.45. The van der Waals surface area contributed by atoms with Crippen LogP contribution in [-0.2, 0) is 6.54 Å². The van der Waals surface area contributed by atoms with Gasteiger partial charge in [-0.1, -0.05) is 13.0 Å². The predicted molar refractivity (Wildman–Crippen MR) is 78.9 cm³/mol. The minimum Gasteiger partial charge on any atom is -0.493 e. The first-order valence-electron chi connectivity index (χ1n) is 6.46. The molecular formula is C15H16N2OS. The van der Waals surface area contributed by atoms with E-state index in [9.17, 15) is 0 Å². The number of nitrogens with zero attached hydrogens (tertiary/aromatic N) is 2. The quantitative estimate of drug-likeness (QED) is 0.703. The zero-order valence-corrected chi connectivity index (χ0v) is 11.7. The van der Waals surface area contributed by atoms with Crippen LogP contribution >= 0.6 is 11.3 Å². The number of hydrogen-bond donors (Lipinski definition) is 0. The van der Waals surface area contributed by atoms with Crippen LogP contribution in [-0.4, -0.2) is 16.2 Å². The van der Waals surface area contributed by atoms with Crippen molar-refractivity contribution in [3.63, 3.8) is 0 Å². The summed E-state index contributed by atoms with van der Waals surface area (Å²) in [5.74, 6) is 0.974. The van der Waals surface area contributed by atoms with Crippen molar-refractivity contribution in [3.8, 4) is 5.75 Å². The molecule has 98 valence electrons. The number of aromatic nitrogens is 2. The molecule has 2 heterocycles. The fraction of sp³-hybridized carbons (Fsp3) is 0.267. The molecule has 0 fully saturated rings. The lowest BCUT2D eigenvalue weighted by molar-refractivity contribution is 0.321. The smallest absolute Gasteiger partial charge is 0.128 e. The molecule has 3 nitrogen and oxygen atoms in total. The maximum Gasteiger partial charge on any atom is 0.128 e. The van der Waals surface area contributed by atoms with Crippen molar-refractivity contribution in [2.45, 2.75) is 19.9 Å². The van der Waals surface area contributed by atoms with Crippen LogP contribution in [0.2, 0.25) is 0 Å². The summed E-state index contributed by atoms with van der Waals surface area (Å²) in [7, 11) is 0. The molecule has 0 atom stereocenters. The van der Waals surface area contributed by atoms with Crippen LogP contribution in [0.3, 0.4) is 0 Å². The molecule has 0 N–H and O–H groups in total. The number of fused-ring (bicyclic) bond motifs is 1. The fourth-order valence-corrected chi connectivity index (χ4v) is 2.75. The van der Waals surface area contributed by atoms with Crippen molar-refractivity contribution in [3.05, 3.63) is 47.0 Å². The van der Waals surface area contributed by atoms with Crippen molar-refractivity contribution in [1.29, 1.82) is 0 Å². The molecule has 0 radical (unpaired) electrons. The molecule has 2 aromatic heterocycles. The Morgan fingerprint density at radius 1 is 1.32 bits per heavy atom. The molecule has 0 aliphatic rings. The van der Waals surface area contributed by atoms with Gasteiger partial charge in [-0.05, 0) is 24.6 Å². The highest BCUT2D eigenvalue weighted by atomic mass is 32.1. The average Bonchev–Trinajstić information content (AvgIpc) is 3.07. The van der Waals surface area contributed by atoms with Gasteiger partial charge in [-0.15, -0.1) is 11.3 Å². The first-order valence-corrected chi connectivity index (χ1v) is 7.34. The summed E-state index contributed by atoms with van der Waals surface area (Å²) in [6, 6.07) is 8.35. The second kappa shape index (κ2) is 5.45. The van der Waals surface area contributed by atoms with Gasteiger partial charge in [-0.3, -0.25) is 4.98 Å². The van der Waals surface area contributed by atoms with Crippen LogP contribution < -0.4 is 4.74 Å². The van der Waals surface area contributed by atoms with Gasteiger partial charge in [0.15, 0.2) is 0 Å². The lowest BCUT2D eigenvalue weighted by Crippen LogP contribution is -1.97. The molecular weight excluding hydrogens is 256 g/mol. The highest BCUT2D eigenvalue weighted by Crippen LogP contribution is 2.27. The molecule has 0 saturated heterocycles. The highest BCUT2D eigenvalue weighted by Gasteiger charge is 2.07. The molecule has 0 amide bonds. The molecule has 4 heteroatoms. The van der Waals surface area contributed by atoms with Gasteiger partial charge in [0, 0.05) is 22.7 Å². The normalized spacial score (nSPS) is 11.0. The Morgan fingerprint density at radius 2 is 2.26 bits per heavy atom. The first-order chi connectivity index (χ1) is 9.38. The van der Waals surface area contributed by atoms with E-state index in [2.05, 4.69) is 40.9 Å². The number of thiazole rings is 1. The molecule has 0 bridgehead atoms. The van der Waals surface area contributed by atoms with Crippen LogP contribution in [0.4, 0.5) is 0 Å². The Morgan fingerprint density at radius 3 is 3.05 bits per heavy atom. The van der Waals surface area contributed by atoms with Gasteiger partial charge in [0.1, 0.15) is 5.75 Å². The summed E-state index contributed by atoms with van der Waals surface area (Å²) in [4.78, 5) is 5.38. The van der Waals surface area contributed by atoms with Gasteiger partial charge in [-0.25, -0.2) is 0 Å². The van der Waals surface area contributed by atoms with E-state index in [1.165, 1.54) is 15.8 Å². The summed E-state index contributed by atoms with van der Waals surface area (Å²) >= 11 is 1.68. The topological polar surface area (TPSA) is 27.1 Å². The van der Waals surface area contributed by atoms with Gasteiger partial charge in [0.05, 0.1) is 24.2 Å². The van der Waals surface area contributed by atoms with Crippen molar-refractivity contribution in [2.24, 2.45) is 0 Å². The number of ether oxygens (including phenoxy) is 1. The third-order valence-corrected chi connectivity index (χ3v) is 3.81. The minimum absolute atomic E-state index is 0.763. The average molecular weight is 272 g/mol. The predicted octanol–water partition coefficient (Wildman–Crippen LogP) is 3.93. The van der Waals surface area contributed by atoms with E-state index in [1.807, 2.05) is 17.8 Å². The molecule has 0 aliphatic carbocycles. The van der Waals surface area contributed by atoms with Gasteiger partial charge in [0.25, 0.3) is 0 Å². The Kier molecular flexibility index (Phi) is 3.51. The second-order valence-corrected chi connectivity index (χ2v) is 5.42. The third kappa shape index (κ3) is 2.49. The maximum atomic E-state index is 5.79. The zero-order valence-electron chi connectivity index (χ0n) is 10.9. The van der Waals surface area contributed by atoms with Crippen LogP contribution in [0.15, 0.2) is 42.2 Å². The Hall–Kier alpha value is -1.81. The van der Waals surface area contributed by atoms with E-state index in [4.69, 9.17) is 4.74 Å². The lowest BCUT2D eigenvalue weighted by Gasteiger charge is -2.07. The minimum atomic E-state index is 0.763. The standard InChI is InChI=1S/C15H16N2OS/c1-2-8-18-15-5-3-4-14-13(15)6-7-17(14)10-12-9-16-11-19-12/h3-7,9,11H,2,8,10H2,1H3. The van der Waals surface area contributed by atoms with Gasteiger partial charge in [-0.2, -0.15) is 0 Å². The molecule has 0 unspecified atom stereocenters. The fourth-order valence-electron chi connectivity index (χ4n) is 2.16. The molecule has 19 heavy (non-hydrogen) atoms. The summed E-state index contributed by atoms with van der Waals surface area (Å²) in [5.41, 5.74) is 3.08. The van der Waals surface area contributed by atoms with E-state index >= 15 is 0 Å². The SMILES string of the molecule is CCCOc1cccc2c1ccn2Cc1cncs1. The monoisotopic (exact) mass is 272 g/mol. The van der Waals surface area contributed by atoms with E-state index in [0.29, 0.717) is 0 Å². The van der Waals surface area contributed by atoms with Crippen molar-refractivity contribution >= 4 is 22.2 Å². The van der Waals surface area contributed by atoms with Crippen molar-refractivity contribution in [1.82, 2.24) is 9.55 Å². The summed E-state index contributed by atoms with van der Waals surface area (Å²) < 4.78 is 8.03. The van der Waals surface area contributed by atoms with Gasteiger partial charge >= 0.3 is 0 Å². The van der Waals surface area contributed by atoms with Gasteiger partial charge < -0.3 is 9.30 Å². The zero-order chi connectivity index (χ0) is 13.1. The number of benzene rings is 1. The van der Waals surface area contributed by atoms with E-state index in [0.717, 1.165) is 25.3 Å². The molecule has 0 saturated carbocycles. The van der Waals surface area contributed by atoms with Gasteiger partial charge in [0.2, 0.25) is 0 Å². The molecule has 1 aromatic carbocycles. The van der Waals surface area contributed by atoms with Crippen molar-refractivity contribution in [2.75, 3.05) is 6.61 Å². The molecule has 0 spiro atoms. The summed E-state index contributed by atoms with van der Waals surface area (Å²) in [6.45, 7) is 3.75. The largest absolute Gasteiger partial charge is 0.493 e. The number of rotatable bonds is 5. The summed E-state index contributed by atoms with van der Waals surface area (Å²) in [6.07, 6.45) is 5.06. The third-order valence-electron chi connectivity index (χ3n) is 3.05. The van der Waals surface area contributed by atoms with Crippen LogP contribution in [0.1, 0.15) is 18.2 Å². The van der Waals surface area contributed by atoms with Crippen LogP contribution in [0, 0.1) is 0 Å². The lowest BCUT2D eigenvalue weighted by atomic mass is 10.2. The molecule has 0 aliphatic heterocycles.